The molecule has 0 fully saturated rings. The van der Waals surface area contributed by atoms with Crippen LogP contribution in [0.1, 0.15) is 6.92 Å². The van der Waals surface area contributed by atoms with Crippen LogP contribution in [-0.4, -0.2) is 37.2 Å². The van der Waals surface area contributed by atoms with Crippen LogP contribution in [0.2, 0.25) is 0 Å². The summed E-state index contributed by atoms with van der Waals surface area (Å²) in [5.41, 5.74) is 4.12. The molecule has 32 heavy (non-hydrogen) atoms. The highest BCUT2D eigenvalue weighted by molar-refractivity contribution is 5.97. The molecule has 3 aromatic carbocycles. The van der Waals surface area contributed by atoms with E-state index in [0.717, 1.165) is 27.8 Å². The second-order valence-corrected chi connectivity index (χ2v) is 7.29. The molecule has 0 aliphatic rings. The molecule has 1 amide bonds. The number of fused-ring (bicyclic) bond motifs is 1. The monoisotopic (exact) mass is 424 g/mol. The van der Waals surface area contributed by atoms with Gasteiger partial charge in [0, 0.05) is 16.6 Å². The molecule has 158 valence electrons. The standard InChI is InChI=1S/C24H20N6O2/c1-16(32-20-8-3-2-4-9-20)24(31)26-18-7-5-6-17(14-18)23-21-15-19(30-13-12-25-29-30)10-11-22(21)27-28-23/h2-16H,1H3,(H,26,31)(H,27,28). The number of rotatable bonds is 6. The number of carbonyl (C=O) groups is 1. The number of amides is 1. The average molecular weight is 424 g/mol. The molecule has 2 aromatic heterocycles. The van der Waals surface area contributed by atoms with Crippen molar-refractivity contribution in [1.82, 2.24) is 25.2 Å². The molecule has 0 saturated heterocycles. The number of ether oxygens (including phenoxy) is 1. The van der Waals surface area contributed by atoms with Crippen LogP contribution in [0.4, 0.5) is 5.69 Å². The fraction of sp³-hybridized carbons (Fsp3) is 0.0833. The summed E-state index contributed by atoms with van der Waals surface area (Å²) >= 11 is 0. The Bertz CT molecular complexity index is 1360. The van der Waals surface area contributed by atoms with Gasteiger partial charge in [-0.1, -0.05) is 35.5 Å². The first-order valence-corrected chi connectivity index (χ1v) is 10.2. The minimum Gasteiger partial charge on any atom is -0.481 e. The molecular formula is C24H20N6O2. The highest BCUT2D eigenvalue weighted by atomic mass is 16.5. The van der Waals surface area contributed by atoms with Gasteiger partial charge in [-0.05, 0) is 49.4 Å². The van der Waals surface area contributed by atoms with Gasteiger partial charge in [-0.15, -0.1) is 5.10 Å². The van der Waals surface area contributed by atoms with Crippen molar-refractivity contribution in [3.63, 3.8) is 0 Å². The smallest absolute Gasteiger partial charge is 0.265 e. The number of hydrogen-bond donors (Lipinski definition) is 2. The van der Waals surface area contributed by atoms with Crippen LogP contribution in [0, 0.1) is 0 Å². The van der Waals surface area contributed by atoms with E-state index in [1.165, 1.54) is 0 Å². The molecule has 0 spiro atoms. The Morgan fingerprint density at radius 2 is 1.94 bits per heavy atom. The summed E-state index contributed by atoms with van der Waals surface area (Å²) in [6.45, 7) is 1.72. The highest BCUT2D eigenvalue weighted by Gasteiger charge is 2.16. The number of aromatic amines is 1. The van der Waals surface area contributed by atoms with E-state index in [-0.39, 0.29) is 5.91 Å². The van der Waals surface area contributed by atoms with Crippen LogP contribution in [0.15, 0.2) is 85.2 Å². The van der Waals surface area contributed by atoms with Gasteiger partial charge < -0.3 is 10.1 Å². The number of benzene rings is 3. The number of para-hydroxylation sites is 1. The summed E-state index contributed by atoms with van der Waals surface area (Å²) in [6.07, 6.45) is 2.78. The number of nitrogens with one attached hydrogen (secondary N) is 2. The van der Waals surface area contributed by atoms with Crippen LogP contribution < -0.4 is 10.1 Å². The summed E-state index contributed by atoms with van der Waals surface area (Å²) in [5.74, 6) is 0.418. The summed E-state index contributed by atoms with van der Waals surface area (Å²) in [7, 11) is 0. The number of anilines is 1. The average Bonchev–Trinajstić information content (AvgIpc) is 3.50. The normalized spacial score (nSPS) is 11.9. The topological polar surface area (TPSA) is 97.7 Å². The first-order chi connectivity index (χ1) is 15.7. The van der Waals surface area contributed by atoms with Gasteiger partial charge in [0.15, 0.2) is 6.10 Å². The van der Waals surface area contributed by atoms with Gasteiger partial charge >= 0.3 is 0 Å². The molecule has 5 rings (SSSR count). The zero-order valence-corrected chi connectivity index (χ0v) is 17.3. The summed E-state index contributed by atoms with van der Waals surface area (Å²) in [5, 5.41) is 19.3. The van der Waals surface area contributed by atoms with Gasteiger partial charge in [0.25, 0.3) is 5.91 Å². The maximum absolute atomic E-state index is 12.6. The molecule has 0 aliphatic carbocycles. The predicted octanol–water partition coefficient (Wildman–Crippen LogP) is 4.22. The molecule has 1 unspecified atom stereocenters. The van der Waals surface area contributed by atoms with E-state index in [1.54, 1.807) is 24.0 Å². The van der Waals surface area contributed by atoms with E-state index in [9.17, 15) is 4.79 Å². The van der Waals surface area contributed by atoms with Crippen molar-refractivity contribution < 1.29 is 9.53 Å². The summed E-state index contributed by atoms with van der Waals surface area (Å²) < 4.78 is 7.41. The zero-order valence-electron chi connectivity index (χ0n) is 17.3. The Labute approximate surface area is 183 Å². The molecule has 1 atom stereocenters. The maximum Gasteiger partial charge on any atom is 0.265 e. The van der Waals surface area contributed by atoms with Crippen molar-refractivity contribution in [1.29, 1.82) is 0 Å². The molecule has 0 bridgehead atoms. The van der Waals surface area contributed by atoms with Crippen LogP contribution >= 0.6 is 0 Å². The first kappa shape index (κ1) is 19.5. The minimum atomic E-state index is -0.641. The quantitative estimate of drug-likeness (QED) is 0.425. The molecule has 8 nitrogen and oxygen atoms in total. The maximum atomic E-state index is 12.6. The van der Waals surface area contributed by atoms with Crippen LogP contribution in [0.3, 0.4) is 0 Å². The lowest BCUT2D eigenvalue weighted by Gasteiger charge is -2.15. The fourth-order valence-electron chi connectivity index (χ4n) is 3.46. The summed E-state index contributed by atoms with van der Waals surface area (Å²) in [4.78, 5) is 12.6. The SMILES string of the molecule is CC(Oc1ccccc1)C(=O)Nc1cccc(-c2n[nH]c3ccc(-n4ccnn4)cc23)c1. The van der Waals surface area contributed by atoms with Gasteiger partial charge in [-0.3, -0.25) is 9.89 Å². The van der Waals surface area contributed by atoms with E-state index in [1.807, 2.05) is 72.8 Å². The molecule has 0 saturated carbocycles. The lowest BCUT2D eigenvalue weighted by molar-refractivity contribution is -0.122. The van der Waals surface area contributed by atoms with E-state index in [0.29, 0.717) is 11.4 Å². The number of aromatic nitrogens is 5. The molecular weight excluding hydrogens is 404 g/mol. The van der Waals surface area contributed by atoms with Crippen molar-refractivity contribution in [2.75, 3.05) is 5.32 Å². The Morgan fingerprint density at radius 3 is 2.75 bits per heavy atom. The van der Waals surface area contributed by atoms with E-state index >= 15 is 0 Å². The second-order valence-electron chi connectivity index (χ2n) is 7.29. The van der Waals surface area contributed by atoms with Gasteiger partial charge in [0.2, 0.25) is 0 Å². The molecule has 0 aliphatic heterocycles. The first-order valence-electron chi connectivity index (χ1n) is 10.2. The van der Waals surface area contributed by atoms with Crippen molar-refractivity contribution >= 4 is 22.5 Å². The van der Waals surface area contributed by atoms with Crippen LogP contribution in [0.25, 0.3) is 27.8 Å². The van der Waals surface area contributed by atoms with E-state index in [2.05, 4.69) is 25.8 Å². The number of H-pyrrole nitrogens is 1. The zero-order chi connectivity index (χ0) is 21.9. The van der Waals surface area contributed by atoms with Crippen molar-refractivity contribution in [2.45, 2.75) is 13.0 Å². The third kappa shape index (κ3) is 3.93. The largest absolute Gasteiger partial charge is 0.481 e. The fourth-order valence-corrected chi connectivity index (χ4v) is 3.46. The summed E-state index contributed by atoms with van der Waals surface area (Å²) in [6, 6.07) is 22.8. The Morgan fingerprint density at radius 1 is 1.06 bits per heavy atom. The van der Waals surface area contributed by atoms with Gasteiger partial charge in [-0.2, -0.15) is 5.10 Å². The molecule has 0 radical (unpaired) electrons. The molecule has 5 aromatic rings. The van der Waals surface area contributed by atoms with Crippen molar-refractivity contribution in [2.24, 2.45) is 0 Å². The number of hydrogen-bond acceptors (Lipinski definition) is 5. The molecule has 2 N–H and O–H groups in total. The molecule has 8 heteroatoms. The third-order valence-corrected chi connectivity index (χ3v) is 5.06. The van der Waals surface area contributed by atoms with E-state index < -0.39 is 6.10 Å². The molecule has 2 heterocycles. The minimum absolute atomic E-state index is 0.230. The lowest BCUT2D eigenvalue weighted by atomic mass is 10.1. The van der Waals surface area contributed by atoms with Crippen molar-refractivity contribution in [3.8, 4) is 22.7 Å². The van der Waals surface area contributed by atoms with Gasteiger partial charge in [0.1, 0.15) is 11.4 Å². The lowest BCUT2D eigenvalue weighted by Crippen LogP contribution is -2.30. The Balaban J connectivity index is 1.39. The van der Waals surface area contributed by atoms with Crippen LogP contribution in [0.5, 0.6) is 5.75 Å². The number of carbonyl (C=O) groups excluding carboxylic acids is 1. The third-order valence-electron chi connectivity index (χ3n) is 5.06. The predicted molar refractivity (Wildman–Crippen MR) is 122 cm³/mol. The number of nitrogens with zero attached hydrogens (tertiary/aromatic N) is 4. The van der Waals surface area contributed by atoms with Gasteiger partial charge in [0.05, 0.1) is 23.6 Å². The van der Waals surface area contributed by atoms with Crippen LogP contribution in [-0.2, 0) is 4.79 Å². The van der Waals surface area contributed by atoms with E-state index in [4.69, 9.17) is 4.74 Å². The highest BCUT2D eigenvalue weighted by Crippen LogP contribution is 2.29. The Kier molecular flexibility index (Phi) is 5.09. The Hall–Kier alpha value is -4.46. The van der Waals surface area contributed by atoms with Gasteiger partial charge in [-0.25, -0.2) is 4.68 Å². The van der Waals surface area contributed by atoms with Crippen molar-refractivity contribution in [3.05, 3.63) is 85.2 Å². The second kappa shape index (κ2) is 8.35.